The lowest BCUT2D eigenvalue weighted by atomic mass is 10.1. The molecule has 1 unspecified atom stereocenters. The van der Waals surface area contributed by atoms with E-state index in [0.29, 0.717) is 0 Å². The lowest BCUT2D eigenvalue weighted by molar-refractivity contribution is 0.160. The van der Waals surface area contributed by atoms with Crippen LogP contribution in [-0.2, 0) is 0 Å². The summed E-state index contributed by atoms with van der Waals surface area (Å²) in [5, 5.41) is 9.16. The predicted molar refractivity (Wildman–Crippen MR) is 45.0 cm³/mol. The molecule has 60 valence electrons. The van der Waals surface area contributed by atoms with Crippen molar-refractivity contribution in [2.24, 2.45) is 0 Å². The summed E-state index contributed by atoms with van der Waals surface area (Å²) in [6, 6.07) is 0. The fourth-order valence-corrected chi connectivity index (χ4v) is 0.752. The van der Waals surface area contributed by atoms with E-state index < -0.39 is 0 Å². The van der Waals surface area contributed by atoms with Crippen molar-refractivity contribution < 1.29 is 5.11 Å². The Bertz CT molecular complexity index is 96.9. The van der Waals surface area contributed by atoms with Crippen molar-refractivity contribution in [2.45, 2.75) is 45.6 Å². The van der Waals surface area contributed by atoms with Gasteiger partial charge in [-0.1, -0.05) is 26.0 Å². The normalized spacial score (nSPS) is 13.1. The summed E-state index contributed by atoms with van der Waals surface area (Å²) in [5.41, 5.74) is 1.24. The highest BCUT2D eigenvalue weighted by Crippen LogP contribution is 2.09. The maximum absolute atomic E-state index is 9.16. The number of hydrogen-bond donors (Lipinski definition) is 1. The van der Waals surface area contributed by atoms with Gasteiger partial charge in [-0.15, -0.1) is 0 Å². The first-order valence-corrected chi connectivity index (χ1v) is 4.05. The van der Waals surface area contributed by atoms with Crippen LogP contribution in [0.3, 0.4) is 0 Å². The Morgan fingerprint density at radius 2 is 2.10 bits per heavy atom. The van der Waals surface area contributed by atoms with Crippen LogP contribution in [-0.4, -0.2) is 11.2 Å². The highest BCUT2D eigenvalue weighted by atomic mass is 16.3. The fourth-order valence-electron chi connectivity index (χ4n) is 0.752. The molecule has 0 aliphatic carbocycles. The largest absolute Gasteiger partial charge is 0.393 e. The van der Waals surface area contributed by atoms with Crippen LogP contribution in [0.15, 0.2) is 12.2 Å². The summed E-state index contributed by atoms with van der Waals surface area (Å²) >= 11 is 0. The Hall–Kier alpha value is -0.300. The van der Waals surface area contributed by atoms with Crippen molar-refractivity contribution in [3.8, 4) is 0 Å². The van der Waals surface area contributed by atoms with Gasteiger partial charge in [0.25, 0.3) is 0 Å². The zero-order chi connectivity index (χ0) is 7.98. The third kappa shape index (κ3) is 4.57. The van der Waals surface area contributed by atoms with E-state index in [1.165, 1.54) is 5.57 Å². The van der Waals surface area contributed by atoms with Crippen LogP contribution in [0.5, 0.6) is 0 Å². The predicted octanol–water partition coefficient (Wildman–Crippen LogP) is 2.50. The lowest BCUT2D eigenvalue weighted by Crippen LogP contribution is -2.03. The maximum Gasteiger partial charge on any atom is 0.0540 e. The number of allylic oxidation sites excluding steroid dienone is 1. The first-order valence-electron chi connectivity index (χ1n) is 4.05. The molecule has 0 amide bonds. The summed E-state index contributed by atoms with van der Waals surface area (Å²) in [4.78, 5) is 0. The van der Waals surface area contributed by atoms with E-state index in [1.807, 2.05) is 6.92 Å². The Morgan fingerprint density at radius 1 is 1.50 bits per heavy atom. The second-order valence-corrected chi connectivity index (χ2v) is 2.70. The van der Waals surface area contributed by atoms with Crippen LogP contribution < -0.4 is 0 Å². The molecule has 0 aliphatic rings. The van der Waals surface area contributed by atoms with Gasteiger partial charge in [0, 0.05) is 0 Å². The van der Waals surface area contributed by atoms with Gasteiger partial charge in [0.15, 0.2) is 0 Å². The molecule has 0 heterocycles. The zero-order valence-corrected chi connectivity index (χ0v) is 7.06. The first kappa shape index (κ1) is 9.70. The van der Waals surface area contributed by atoms with Gasteiger partial charge in [-0.2, -0.15) is 0 Å². The third-order valence-corrected chi connectivity index (χ3v) is 1.80. The van der Waals surface area contributed by atoms with E-state index in [2.05, 4.69) is 13.5 Å². The molecular weight excluding hydrogens is 124 g/mol. The lowest BCUT2D eigenvalue weighted by Gasteiger charge is -2.07. The quantitative estimate of drug-likeness (QED) is 0.585. The standard InChI is InChI=1S/C9H18O/c1-4-8(3)6-7-9(10)5-2/h9-10H,3-7H2,1-2H3. The Kier molecular flexibility index (Phi) is 5.32. The Labute approximate surface area is 63.8 Å². The van der Waals surface area contributed by atoms with Gasteiger partial charge < -0.3 is 5.11 Å². The Balaban J connectivity index is 3.26. The molecule has 0 spiro atoms. The van der Waals surface area contributed by atoms with Gasteiger partial charge in [0.2, 0.25) is 0 Å². The van der Waals surface area contributed by atoms with Crippen molar-refractivity contribution >= 4 is 0 Å². The number of aliphatic hydroxyl groups is 1. The molecule has 0 rings (SSSR count). The minimum absolute atomic E-state index is 0.122. The molecule has 0 aromatic heterocycles. The molecule has 0 radical (unpaired) electrons. The average Bonchev–Trinajstić information content (AvgIpc) is 1.99. The second kappa shape index (κ2) is 5.48. The number of rotatable bonds is 5. The number of hydrogen-bond acceptors (Lipinski definition) is 1. The molecule has 0 aliphatic heterocycles. The molecule has 1 N–H and O–H groups in total. The average molecular weight is 142 g/mol. The zero-order valence-electron chi connectivity index (χ0n) is 7.06. The number of aliphatic hydroxyl groups excluding tert-OH is 1. The van der Waals surface area contributed by atoms with Crippen molar-refractivity contribution in [3.63, 3.8) is 0 Å². The van der Waals surface area contributed by atoms with Crippen LogP contribution in [0.4, 0.5) is 0 Å². The minimum Gasteiger partial charge on any atom is -0.393 e. The van der Waals surface area contributed by atoms with Gasteiger partial charge in [0.1, 0.15) is 0 Å². The van der Waals surface area contributed by atoms with Gasteiger partial charge in [-0.25, -0.2) is 0 Å². The van der Waals surface area contributed by atoms with Crippen LogP contribution >= 0.6 is 0 Å². The molecule has 1 heteroatoms. The summed E-state index contributed by atoms with van der Waals surface area (Å²) < 4.78 is 0. The summed E-state index contributed by atoms with van der Waals surface area (Å²) in [6.45, 7) is 7.97. The van der Waals surface area contributed by atoms with Gasteiger partial charge in [-0.05, 0) is 25.7 Å². The smallest absolute Gasteiger partial charge is 0.0540 e. The minimum atomic E-state index is -0.122. The molecule has 0 aromatic carbocycles. The SMILES string of the molecule is C=C(CC)CCC(O)CC. The van der Waals surface area contributed by atoms with Crippen LogP contribution in [0.25, 0.3) is 0 Å². The van der Waals surface area contributed by atoms with Gasteiger partial charge in [0.05, 0.1) is 6.10 Å². The van der Waals surface area contributed by atoms with Gasteiger partial charge in [-0.3, -0.25) is 0 Å². The summed E-state index contributed by atoms with van der Waals surface area (Å²) in [7, 11) is 0. The summed E-state index contributed by atoms with van der Waals surface area (Å²) in [6.07, 6.45) is 3.63. The molecule has 1 atom stereocenters. The third-order valence-electron chi connectivity index (χ3n) is 1.80. The van der Waals surface area contributed by atoms with Crippen molar-refractivity contribution in [1.82, 2.24) is 0 Å². The Morgan fingerprint density at radius 3 is 2.50 bits per heavy atom. The van der Waals surface area contributed by atoms with Crippen molar-refractivity contribution in [3.05, 3.63) is 12.2 Å². The second-order valence-electron chi connectivity index (χ2n) is 2.70. The van der Waals surface area contributed by atoms with E-state index in [-0.39, 0.29) is 6.10 Å². The van der Waals surface area contributed by atoms with E-state index >= 15 is 0 Å². The molecule has 10 heavy (non-hydrogen) atoms. The molecular formula is C9H18O. The molecule has 0 aromatic rings. The molecule has 0 saturated heterocycles. The van der Waals surface area contributed by atoms with E-state index in [9.17, 15) is 0 Å². The van der Waals surface area contributed by atoms with Gasteiger partial charge >= 0.3 is 0 Å². The van der Waals surface area contributed by atoms with Crippen LogP contribution in [0.1, 0.15) is 39.5 Å². The van der Waals surface area contributed by atoms with Crippen molar-refractivity contribution in [2.75, 3.05) is 0 Å². The molecule has 1 nitrogen and oxygen atoms in total. The highest BCUT2D eigenvalue weighted by Gasteiger charge is 1.99. The summed E-state index contributed by atoms with van der Waals surface area (Å²) in [5.74, 6) is 0. The monoisotopic (exact) mass is 142 g/mol. The van der Waals surface area contributed by atoms with Crippen LogP contribution in [0.2, 0.25) is 0 Å². The molecule has 0 saturated carbocycles. The molecule has 0 fully saturated rings. The maximum atomic E-state index is 9.16. The first-order chi connectivity index (χ1) is 4.70. The van der Waals surface area contributed by atoms with Crippen molar-refractivity contribution in [1.29, 1.82) is 0 Å². The van der Waals surface area contributed by atoms with E-state index in [4.69, 9.17) is 5.11 Å². The van der Waals surface area contributed by atoms with E-state index in [1.54, 1.807) is 0 Å². The highest BCUT2D eigenvalue weighted by molar-refractivity contribution is 4.92. The van der Waals surface area contributed by atoms with Crippen LogP contribution in [0, 0.1) is 0 Å². The topological polar surface area (TPSA) is 20.2 Å². The molecule has 0 bridgehead atoms. The van der Waals surface area contributed by atoms with E-state index in [0.717, 1.165) is 25.7 Å². The fraction of sp³-hybridized carbons (Fsp3) is 0.778.